The summed E-state index contributed by atoms with van der Waals surface area (Å²) in [4.78, 5) is 17.1. The highest BCUT2D eigenvalue weighted by Crippen LogP contribution is 2.31. The first-order valence-corrected chi connectivity index (χ1v) is 10.0. The van der Waals surface area contributed by atoms with Crippen LogP contribution in [0.15, 0.2) is 53.6 Å². The molecule has 1 aromatic heterocycles. The van der Waals surface area contributed by atoms with Gasteiger partial charge in [0.2, 0.25) is 0 Å². The lowest BCUT2D eigenvalue weighted by Crippen LogP contribution is -2.22. The summed E-state index contributed by atoms with van der Waals surface area (Å²) in [6.45, 7) is 4.95. The van der Waals surface area contributed by atoms with Crippen molar-refractivity contribution in [3.63, 3.8) is 0 Å². The van der Waals surface area contributed by atoms with Gasteiger partial charge in [0.25, 0.3) is 5.91 Å². The van der Waals surface area contributed by atoms with Gasteiger partial charge in [0.1, 0.15) is 5.82 Å². The second-order valence-corrected chi connectivity index (χ2v) is 7.41. The molecule has 144 valence electrons. The van der Waals surface area contributed by atoms with Gasteiger partial charge in [0, 0.05) is 17.8 Å². The number of nitrogens with one attached hydrogen (secondary N) is 1. The zero-order chi connectivity index (χ0) is 19.5. The van der Waals surface area contributed by atoms with Crippen molar-refractivity contribution in [3.05, 3.63) is 65.5 Å². The van der Waals surface area contributed by atoms with Gasteiger partial charge in [-0.05, 0) is 69.2 Å². The van der Waals surface area contributed by atoms with Crippen LogP contribution in [0.1, 0.15) is 60.3 Å². The molecule has 1 aliphatic rings. The lowest BCUT2D eigenvalue weighted by atomic mass is 9.83. The number of carbonyl (C=O) groups excluding carboxylic acids is 1. The Labute approximate surface area is 165 Å². The normalized spacial score (nSPS) is 16.9. The summed E-state index contributed by atoms with van der Waals surface area (Å²) in [5, 5.41) is 4.40. The van der Waals surface area contributed by atoms with Crippen LogP contribution in [0.4, 0.5) is 0 Å². The monoisotopic (exact) mass is 374 g/mol. The van der Waals surface area contributed by atoms with E-state index in [2.05, 4.69) is 57.3 Å². The number of carbonyl (C=O) groups is 1. The zero-order valence-corrected chi connectivity index (χ0v) is 16.5. The number of hydrogen-bond acceptors (Lipinski definition) is 3. The van der Waals surface area contributed by atoms with Crippen molar-refractivity contribution in [1.82, 2.24) is 15.0 Å². The number of hydrogen-bond donors (Lipinski definition) is 1. The predicted octanol–water partition coefficient (Wildman–Crippen LogP) is 4.81. The van der Waals surface area contributed by atoms with E-state index >= 15 is 0 Å². The topological polar surface area (TPSA) is 59.3 Å². The van der Waals surface area contributed by atoms with Crippen LogP contribution in [0.3, 0.4) is 0 Å². The summed E-state index contributed by atoms with van der Waals surface area (Å²) in [5.41, 5.74) is 7.72. The summed E-state index contributed by atoms with van der Waals surface area (Å²) in [7, 11) is 0. The van der Waals surface area contributed by atoms with Crippen molar-refractivity contribution < 1.29 is 4.79 Å². The third kappa shape index (κ3) is 3.70. The number of nitrogens with zero attached hydrogens (tertiary/aromatic N) is 3. The molecule has 0 unspecified atom stereocenters. The molecule has 4 rings (SSSR count). The van der Waals surface area contributed by atoms with E-state index in [0.717, 1.165) is 54.8 Å². The highest BCUT2D eigenvalue weighted by atomic mass is 16.2. The van der Waals surface area contributed by atoms with Gasteiger partial charge < -0.3 is 4.57 Å². The molecule has 0 radical (unpaired) electrons. The van der Waals surface area contributed by atoms with Gasteiger partial charge in [0.05, 0.1) is 11.0 Å². The zero-order valence-electron chi connectivity index (χ0n) is 16.5. The lowest BCUT2D eigenvalue weighted by molar-refractivity contribution is 0.0954. The minimum atomic E-state index is -0.178. The summed E-state index contributed by atoms with van der Waals surface area (Å²) < 4.78 is 2.14. The van der Waals surface area contributed by atoms with Crippen molar-refractivity contribution in [1.29, 1.82) is 0 Å². The molecule has 1 saturated carbocycles. The van der Waals surface area contributed by atoms with E-state index in [1.165, 1.54) is 5.56 Å². The average molecular weight is 374 g/mol. The molecule has 5 nitrogen and oxygen atoms in total. The fourth-order valence-corrected chi connectivity index (χ4v) is 4.11. The number of rotatable bonds is 4. The van der Waals surface area contributed by atoms with Gasteiger partial charge in [0.15, 0.2) is 0 Å². The summed E-state index contributed by atoms with van der Waals surface area (Å²) in [6.07, 6.45) is 4.02. The number of benzene rings is 2. The van der Waals surface area contributed by atoms with Crippen LogP contribution in [0.2, 0.25) is 0 Å². The second kappa shape index (κ2) is 7.97. The number of hydrazone groups is 1. The Kier molecular flexibility index (Phi) is 5.24. The third-order valence-corrected chi connectivity index (χ3v) is 5.67. The summed E-state index contributed by atoms with van der Waals surface area (Å²) >= 11 is 0. The Morgan fingerprint density at radius 3 is 2.64 bits per heavy atom. The molecule has 0 spiro atoms. The predicted molar refractivity (Wildman–Crippen MR) is 113 cm³/mol. The van der Waals surface area contributed by atoms with E-state index in [1.54, 1.807) is 0 Å². The molecule has 0 aliphatic heterocycles. The molecule has 0 atom stereocenters. The first kappa shape index (κ1) is 18.4. The van der Waals surface area contributed by atoms with E-state index < -0.39 is 0 Å². The van der Waals surface area contributed by atoms with Crippen LogP contribution in [0.5, 0.6) is 0 Å². The van der Waals surface area contributed by atoms with E-state index in [-0.39, 0.29) is 5.91 Å². The minimum Gasteiger partial charge on any atom is -0.329 e. The van der Waals surface area contributed by atoms with Gasteiger partial charge >= 0.3 is 0 Å². The SMILES string of the molecule is CCn1c(C)nc2cc(C(=O)NN=C3CCC(c4ccccc4)CC3)ccc21. The highest BCUT2D eigenvalue weighted by molar-refractivity contribution is 5.98. The average Bonchev–Trinajstić information content (AvgIpc) is 3.07. The third-order valence-electron chi connectivity index (χ3n) is 5.67. The molecule has 0 saturated heterocycles. The number of amides is 1. The maximum absolute atomic E-state index is 12.5. The first-order chi connectivity index (χ1) is 13.7. The number of fused-ring (bicyclic) bond motifs is 1. The van der Waals surface area contributed by atoms with E-state index in [4.69, 9.17) is 0 Å². The lowest BCUT2D eigenvalue weighted by Gasteiger charge is -2.23. The smallest absolute Gasteiger partial charge is 0.271 e. The van der Waals surface area contributed by atoms with Crippen molar-refractivity contribution in [3.8, 4) is 0 Å². The van der Waals surface area contributed by atoms with Crippen LogP contribution in [-0.2, 0) is 6.54 Å². The van der Waals surface area contributed by atoms with Gasteiger partial charge in [-0.3, -0.25) is 4.79 Å². The van der Waals surface area contributed by atoms with Gasteiger partial charge in [-0.2, -0.15) is 5.10 Å². The van der Waals surface area contributed by atoms with Crippen molar-refractivity contribution in [2.45, 2.75) is 52.0 Å². The summed E-state index contributed by atoms with van der Waals surface area (Å²) in [6, 6.07) is 16.3. The van der Waals surface area contributed by atoms with Crippen LogP contribution >= 0.6 is 0 Å². The Bertz CT molecular complexity index is 1010. The minimum absolute atomic E-state index is 0.178. The Morgan fingerprint density at radius 1 is 1.18 bits per heavy atom. The number of aromatic nitrogens is 2. The molecule has 28 heavy (non-hydrogen) atoms. The second-order valence-electron chi connectivity index (χ2n) is 7.41. The van der Waals surface area contributed by atoms with Crippen LogP contribution in [-0.4, -0.2) is 21.2 Å². The van der Waals surface area contributed by atoms with Crippen LogP contribution in [0, 0.1) is 6.92 Å². The molecule has 1 N–H and O–H groups in total. The van der Waals surface area contributed by atoms with Crippen molar-refractivity contribution in [2.75, 3.05) is 0 Å². The highest BCUT2D eigenvalue weighted by Gasteiger charge is 2.19. The molecule has 2 aromatic carbocycles. The molecular formula is C23H26N4O. The molecule has 1 heterocycles. The van der Waals surface area contributed by atoms with E-state index in [0.29, 0.717) is 11.5 Å². The maximum atomic E-state index is 12.5. The Hall–Kier alpha value is -2.95. The van der Waals surface area contributed by atoms with Gasteiger partial charge in [-0.1, -0.05) is 30.3 Å². The summed E-state index contributed by atoms with van der Waals surface area (Å²) in [5.74, 6) is 1.38. The fraction of sp³-hybridized carbons (Fsp3) is 0.348. The van der Waals surface area contributed by atoms with Crippen molar-refractivity contribution >= 4 is 22.7 Å². The van der Waals surface area contributed by atoms with Crippen LogP contribution in [0.25, 0.3) is 11.0 Å². The molecule has 0 bridgehead atoms. The van der Waals surface area contributed by atoms with Gasteiger partial charge in [-0.15, -0.1) is 0 Å². The number of aryl methyl sites for hydroxylation is 2. The molecule has 3 aromatic rings. The largest absolute Gasteiger partial charge is 0.329 e. The number of imidazole rings is 1. The van der Waals surface area contributed by atoms with Crippen molar-refractivity contribution in [2.24, 2.45) is 5.10 Å². The molecule has 1 amide bonds. The van der Waals surface area contributed by atoms with E-state index in [1.807, 2.05) is 25.1 Å². The van der Waals surface area contributed by atoms with Gasteiger partial charge in [-0.25, -0.2) is 10.4 Å². The molecular weight excluding hydrogens is 348 g/mol. The van der Waals surface area contributed by atoms with Crippen LogP contribution < -0.4 is 5.43 Å². The van der Waals surface area contributed by atoms with E-state index in [9.17, 15) is 4.79 Å². The molecule has 5 heteroatoms. The molecule has 1 fully saturated rings. The molecule has 1 aliphatic carbocycles. The Balaban J connectivity index is 1.40. The standard InChI is InChI=1S/C23H26N4O/c1-3-27-16(2)24-21-15-19(11-14-22(21)27)23(28)26-25-20-12-9-18(10-13-20)17-7-5-4-6-8-17/h4-8,11,14-15,18H,3,9-10,12-13H2,1-2H3,(H,26,28). The first-order valence-electron chi connectivity index (χ1n) is 10.0. The fourth-order valence-electron chi connectivity index (χ4n) is 4.11. The quantitative estimate of drug-likeness (QED) is 0.666. The maximum Gasteiger partial charge on any atom is 0.271 e. The Morgan fingerprint density at radius 2 is 1.93 bits per heavy atom.